The quantitative estimate of drug-likeness (QED) is 0.833. The summed E-state index contributed by atoms with van der Waals surface area (Å²) in [5.41, 5.74) is 0.940. The lowest BCUT2D eigenvalue weighted by Crippen LogP contribution is -2.20. The smallest absolute Gasteiger partial charge is 0.227 e. The van der Waals surface area contributed by atoms with Crippen LogP contribution in [0.1, 0.15) is 25.7 Å². The van der Waals surface area contributed by atoms with Gasteiger partial charge in [0.1, 0.15) is 0 Å². The molecule has 1 fully saturated rings. The van der Waals surface area contributed by atoms with Crippen molar-refractivity contribution in [1.82, 2.24) is 0 Å². The highest BCUT2D eigenvalue weighted by Crippen LogP contribution is 2.26. The average Bonchev–Trinajstić information content (AvgIpc) is 2.74. The first-order chi connectivity index (χ1) is 7.27. The first kappa shape index (κ1) is 10.9. The van der Waals surface area contributed by atoms with Gasteiger partial charge in [0.05, 0.1) is 5.69 Å². The van der Waals surface area contributed by atoms with Gasteiger partial charge in [0.15, 0.2) is 0 Å². The largest absolute Gasteiger partial charge is 0.325 e. The van der Waals surface area contributed by atoms with E-state index in [0.717, 1.165) is 22.1 Å². The molecule has 15 heavy (non-hydrogen) atoms. The van der Waals surface area contributed by atoms with Crippen molar-refractivity contribution in [2.24, 2.45) is 5.92 Å². The van der Waals surface area contributed by atoms with Crippen LogP contribution in [0.2, 0.25) is 0 Å². The molecule has 1 aromatic carbocycles. The molecule has 0 aliphatic heterocycles. The zero-order valence-electron chi connectivity index (χ0n) is 8.50. The Kier molecular flexibility index (Phi) is 3.61. The van der Waals surface area contributed by atoms with Crippen LogP contribution >= 0.6 is 22.6 Å². The van der Waals surface area contributed by atoms with E-state index in [4.69, 9.17) is 0 Å². The molecule has 0 saturated heterocycles. The summed E-state index contributed by atoms with van der Waals surface area (Å²) < 4.78 is 1.10. The van der Waals surface area contributed by atoms with E-state index in [0.29, 0.717) is 0 Å². The van der Waals surface area contributed by atoms with E-state index < -0.39 is 0 Å². The van der Waals surface area contributed by atoms with Crippen LogP contribution in [-0.2, 0) is 4.79 Å². The summed E-state index contributed by atoms with van der Waals surface area (Å²) in [7, 11) is 0. The summed E-state index contributed by atoms with van der Waals surface area (Å²) in [6.45, 7) is 0. The SMILES string of the molecule is O=C(Nc1ccccc1I)C1CCCC1. The maximum absolute atomic E-state index is 11.9. The molecule has 0 aromatic heterocycles. The van der Waals surface area contributed by atoms with Crippen molar-refractivity contribution >= 4 is 34.2 Å². The van der Waals surface area contributed by atoms with Crippen LogP contribution in [0.15, 0.2) is 24.3 Å². The maximum atomic E-state index is 11.9. The molecular weight excluding hydrogens is 301 g/mol. The van der Waals surface area contributed by atoms with Gasteiger partial charge in [0, 0.05) is 9.49 Å². The zero-order chi connectivity index (χ0) is 10.7. The fourth-order valence-corrected chi connectivity index (χ4v) is 2.51. The number of amides is 1. The number of hydrogen-bond acceptors (Lipinski definition) is 1. The predicted molar refractivity (Wildman–Crippen MR) is 69.7 cm³/mol. The van der Waals surface area contributed by atoms with Crippen molar-refractivity contribution in [2.75, 3.05) is 5.32 Å². The minimum atomic E-state index is 0.191. The molecule has 0 bridgehead atoms. The van der Waals surface area contributed by atoms with Gasteiger partial charge >= 0.3 is 0 Å². The minimum absolute atomic E-state index is 0.191. The van der Waals surface area contributed by atoms with Crippen LogP contribution in [0.3, 0.4) is 0 Å². The molecule has 1 N–H and O–H groups in total. The lowest BCUT2D eigenvalue weighted by atomic mass is 10.1. The third-order valence-electron chi connectivity index (χ3n) is 2.86. The normalized spacial score (nSPS) is 16.6. The Morgan fingerprint density at radius 3 is 2.60 bits per heavy atom. The average molecular weight is 315 g/mol. The molecule has 0 radical (unpaired) electrons. The molecule has 1 amide bonds. The van der Waals surface area contributed by atoms with Gasteiger partial charge in [-0.2, -0.15) is 0 Å². The molecule has 0 spiro atoms. The zero-order valence-corrected chi connectivity index (χ0v) is 10.7. The first-order valence-corrected chi connectivity index (χ1v) is 6.40. The standard InChI is InChI=1S/C12H14INO/c13-10-7-3-4-8-11(10)14-12(15)9-5-1-2-6-9/h3-4,7-9H,1-2,5-6H2,(H,14,15). The molecule has 2 nitrogen and oxygen atoms in total. The van der Waals surface area contributed by atoms with E-state index in [2.05, 4.69) is 27.9 Å². The highest BCUT2D eigenvalue weighted by atomic mass is 127. The van der Waals surface area contributed by atoms with Crippen LogP contribution < -0.4 is 5.32 Å². The Bertz CT molecular complexity index is 358. The summed E-state index contributed by atoms with van der Waals surface area (Å²) in [6.07, 6.45) is 4.50. The molecule has 1 saturated carbocycles. The number of halogens is 1. The lowest BCUT2D eigenvalue weighted by Gasteiger charge is -2.11. The van der Waals surface area contributed by atoms with Gasteiger partial charge in [-0.15, -0.1) is 0 Å². The van der Waals surface area contributed by atoms with Crippen LogP contribution in [-0.4, -0.2) is 5.91 Å². The third-order valence-corrected chi connectivity index (χ3v) is 3.80. The summed E-state index contributed by atoms with van der Waals surface area (Å²) in [6, 6.07) is 7.89. The van der Waals surface area contributed by atoms with Gasteiger partial charge < -0.3 is 5.32 Å². The van der Waals surface area contributed by atoms with E-state index in [1.54, 1.807) is 0 Å². The highest BCUT2D eigenvalue weighted by Gasteiger charge is 2.22. The number of anilines is 1. The Balaban J connectivity index is 2.02. The second kappa shape index (κ2) is 4.96. The number of benzene rings is 1. The van der Waals surface area contributed by atoms with Gasteiger partial charge in [-0.3, -0.25) is 4.79 Å². The van der Waals surface area contributed by atoms with Crippen molar-refractivity contribution in [1.29, 1.82) is 0 Å². The van der Waals surface area contributed by atoms with Crippen molar-refractivity contribution in [3.8, 4) is 0 Å². The monoisotopic (exact) mass is 315 g/mol. The second-order valence-electron chi connectivity index (χ2n) is 3.95. The molecule has 1 aliphatic carbocycles. The van der Waals surface area contributed by atoms with Gasteiger partial charge in [-0.1, -0.05) is 25.0 Å². The fourth-order valence-electron chi connectivity index (χ4n) is 1.99. The molecular formula is C12H14INO. The van der Waals surface area contributed by atoms with E-state index in [1.807, 2.05) is 24.3 Å². The van der Waals surface area contributed by atoms with Gasteiger partial charge in [-0.25, -0.2) is 0 Å². The van der Waals surface area contributed by atoms with Gasteiger partial charge in [0.2, 0.25) is 5.91 Å². The first-order valence-electron chi connectivity index (χ1n) is 5.33. The predicted octanol–water partition coefficient (Wildman–Crippen LogP) is 3.42. The number of carbonyl (C=O) groups is 1. The summed E-state index contributed by atoms with van der Waals surface area (Å²) in [5.74, 6) is 0.428. The molecule has 1 aliphatic rings. The van der Waals surface area contributed by atoms with Crippen molar-refractivity contribution < 1.29 is 4.79 Å². The molecule has 80 valence electrons. The number of hydrogen-bond donors (Lipinski definition) is 1. The van der Waals surface area contributed by atoms with Crippen LogP contribution in [0.25, 0.3) is 0 Å². The Labute approximate surface area is 104 Å². The lowest BCUT2D eigenvalue weighted by molar-refractivity contribution is -0.119. The number of para-hydroxylation sites is 1. The molecule has 2 rings (SSSR count). The Hall–Kier alpha value is -0.580. The summed E-state index contributed by atoms with van der Waals surface area (Å²) >= 11 is 2.24. The van der Waals surface area contributed by atoms with E-state index in [-0.39, 0.29) is 11.8 Å². The van der Waals surface area contributed by atoms with Gasteiger partial charge in [-0.05, 0) is 47.6 Å². The Morgan fingerprint density at radius 1 is 1.27 bits per heavy atom. The Morgan fingerprint density at radius 2 is 1.93 bits per heavy atom. The topological polar surface area (TPSA) is 29.1 Å². The molecule has 1 aromatic rings. The number of carbonyl (C=O) groups excluding carboxylic acids is 1. The number of rotatable bonds is 2. The molecule has 0 unspecified atom stereocenters. The maximum Gasteiger partial charge on any atom is 0.227 e. The van der Waals surface area contributed by atoms with Crippen LogP contribution in [0.5, 0.6) is 0 Å². The minimum Gasteiger partial charge on any atom is -0.325 e. The molecule has 3 heteroatoms. The van der Waals surface area contributed by atoms with Gasteiger partial charge in [0.25, 0.3) is 0 Å². The summed E-state index contributed by atoms with van der Waals surface area (Å²) in [5, 5.41) is 3.01. The fraction of sp³-hybridized carbons (Fsp3) is 0.417. The molecule has 0 heterocycles. The summed E-state index contributed by atoms with van der Waals surface area (Å²) in [4.78, 5) is 11.9. The van der Waals surface area contributed by atoms with Crippen molar-refractivity contribution in [3.05, 3.63) is 27.8 Å². The highest BCUT2D eigenvalue weighted by molar-refractivity contribution is 14.1. The number of nitrogens with one attached hydrogen (secondary N) is 1. The van der Waals surface area contributed by atoms with Crippen LogP contribution in [0.4, 0.5) is 5.69 Å². The van der Waals surface area contributed by atoms with E-state index >= 15 is 0 Å². The van der Waals surface area contributed by atoms with Crippen molar-refractivity contribution in [3.63, 3.8) is 0 Å². The molecule has 0 atom stereocenters. The third kappa shape index (κ3) is 2.71. The second-order valence-corrected chi connectivity index (χ2v) is 5.11. The van der Waals surface area contributed by atoms with Crippen LogP contribution in [0, 0.1) is 9.49 Å². The van der Waals surface area contributed by atoms with Crippen molar-refractivity contribution in [2.45, 2.75) is 25.7 Å². The van der Waals surface area contributed by atoms with E-state index in [9.17, 15) is 4.79 Å². The van der Waals surface area contributed by atoms with E-state index in [1.165, 1.54) is 12.8 Å².